The second-order valence-corrected chi connectivity index (χ2v) is 6.15. The zero-order valence-corrected chi connectivity index (χ0v) is 14.4. The fraction of sp³-hybridized carbons (Fsp3) is 0.529. The molecule has 1 aromatic carbocycles. The van der Waals surface area contributed by atoms with Crippen LogP contribution in [0.2, 0.25) is 0 Å². The molecule has 5 nitrogen and oxygen atoms in total. The normalized spacial score (nSPS) is 20.9. The highest BCUT2D eigenvalue weighted by Crippen LogP contribution is 2.15. The number of nitrogens with zero attached hydrogens (tertiary/aromatic N) is 2. The minimum Gasteiger partial charge on any atom is -0.343 e. The Morgan fingerprint density at radius 3 is 2.62 bits per heavy atom. The Balaban J connectivity index is 0.00000208. The zero-order chi connectivity index (χ0) is 16.2. The third-order valence-electron chi connectivity index (χ3n) is 4.54. The molecule has 132 valence electrons. The van der Waals surface area contributed by atoms with Crippen molar-refractivity contribution in [3.05, 3.63) is 35.6 Å². The predicted molar refractivity (Wildman–Crippen MR) is 91.3 cm³/mol. The van der Waals surface area contributed by atoms with E-state index in [2.05, 4.69) is 5.32 Å². The highest BCUT2D eigenvalue weighted by Gasteiger charge is 2.32. The van der Waals surface area contributed by atoms with Crippen LogP contribution in [0.1, 0.15) is 24.8 Å². The Bertz CT molecular complexity index is 593. The fourth-order valence-electron chi connectivity index (χ4n) is 3.21. The van der Waals surface area contributed by atoms with Gasteiger partial charge in [-0.1, -0.05) is 18.2 Å². The van der Waals surface area contributed by atoms with Crippen LogP contribution in [0.25, 0.3) is 0 Å². The molecule has 0 radical (unpaired) electrons. The first-order chi connectivity index (χ1) is 11.1. The average molecular weight is 356 g/mol. The minimum atomic E-state index is -0.497. The largest absolute Gasteiger partial charge is 0.343 e. The van der Waals surface area contributed by atoms with Crippen LogP contribution in [0.3, 0.4) is 0 Å². The maximum atomic E-state index is 13.8. The molecule has 0 aromatic heterocycles. The molecule has 24 heavy (non-hydrogen) atoms. The van der Waals surface area contributed by atoms with Gasteiger partial charge in [-0.15, -0.1) is 12.4 Å². The second kappa shape index (κ2) is 8.44. The number of carbonyl (C=O) groups excluding carboxylic acids is 2. The zero-order valence-electron chi connectivity index (χ0n) is 13.5. The summed E-state index contributed by atoms with van der Waals surface area (Å²) >= 11 is 0. The average Bonchev–Trinajstić information content (AvgIpc) is 3.08. The van der Waals surface area contributed by atoms with E-state index in [4.69, 9.17) is 0 Å². The number of carbonyl (C=O) groups is 2. The number of piperazine rings is 1. The van der Waals surface area contributed by atoms with E-state index in [-0.39, 0.29) is 43.0 Å². The lowest BCUT2D eigenvalue weighted by molar-refractivity contribution is -0.141. The Kier molecular flexibility index (Phi) is 6.57. The molecular formula is C17H23ClFN3O2. The van der Waals surface area contributed by atoms with Gasteiger partial charge >= 0.3 is 0 Å². The number of hydrogen-bond acceptors (Lipinski definition) is 3. The van der Waals surface area contributed by atoms with Crippen LogP contribution >= 0.6 is 12.4 Å². The van der Waals surface area contributed by atoms with E-state index in [0.29, 0.717) is 18.7 Å². The van der Waals surface area contributed by atoms with Crippen molar-refractivity contribution in [3.8, 4) is 0 Å². The standard InChI is InChI=1S/C17H22FN3O2.ClH/c18-14-6-2-1-5-13(14)12-21-10-7-19-15(17(21)23)11-16(22)20-8-3-4-9-20;/h1-2,5-6,15,19H,3-4,7-12H2;1H. The van der Waals surface area contributed by atoms with Crippen molar-refractivity contribution < 1.29 is 14.0 Å². The molecular weight excluding hydrogens is 333 g/mol. The van der Waals surface area contributed by atoms with Gasteiger partial charge in [-0.25, -0.2) is 4.39 Å². The van der Waals surface area contributed by atoms with Gasteiger partial charge in [0.05, 0.1) is 12.5 Å². The molecule has 2 saturated heterocycles. The van der Waals surface area contributed by atoms with Crippen molar-refractivity contribution in [2.45, 2.75) is 31.8 Å². The molecule has 2 aliphatic rings. The van der Waals surface area contributed by atoms with E-state index in [1.807, 2.05) is 4.90 Å². The summed E-state index contributed by atoms with van der Waals surface area (Å²) in [7, 11) is 0. The quantitative estimate of drug-likeness (QED) is 0.891. The Morgan fingerprint density at radius 1 is 1.21 bits per heavy atom. The van der Waals surface area contributed by atoms with Crippen LogP contribution < -0.4 is 5.32 Å². The molecule has 0 aliphatic carbocycles. The summed E-state index contributed by atoms with van der Waals surface area (Å²) in [5, 5.41) is 3.12. The topological polar surface area (TPSA) is 52.7 Å². The molecule has 0 spiro atoms. The van der Waals surface area contributed by atoms with Crippen LogP contribution in [0.5, 0.6) is 0 Å². The molecule has 0 bridgehead atoms. The summed E-state index contributed by atoms with van der Waals surface area (Å²) in [4.78, 5) is 28.3. The van der Waals surface area contributed by atoms with Crippen molar-refractivity contribution in [2.24, 2.45) is 0 Å². The van der Waals surface area contributed by atoms with Crippen molar-refractivity contribution >= 4 is 24.2 Å². The number of halogens is 2. The Hall–Kier alpha value is -1.66. The lowest BCUT2D eigenvalue weighted by Crippen LogP contribution is -2.56. The summed E-state index contributed by atoms with van der Waals surface area (Å²) in [6.45, 7) is 2.98. The van der Waals surface area contributed by atoms with Gasteiger partial charge < -0.3 is 15.1 Å². The van der Waals surface area contributed by atoms with Gasteiger partial charge in [0, 0.05) is 38.3 Å². The van der Waals surface area contributed by atoms with Gasteiger partial charge in [0.1, 0.15) is 5.82 Å². The number of benzene rings is 1. The number of likely N-dealkylation sites (tertiary alicyclic amines) is 1. The summed E-state index contributed by atoms with van der Waals surface area (Å²) in [6.07, 6.45) is 2.26. The fourth-order valence-corrected chi connectivity index (χ4v) is 3.21. The molecule has 1 unspecified atom stereocenters. The van der Waals surface area contributed by atoms with Crippen LogP contribution in [0.4, 0.5) is 4.39 Å². The summed E-state index contributed by atoms with van der Waals surface area (Å²) < 4.78 is 13.8. The molecule has 0 saturated carbocycles. The van der Waals surface area contributed by atoms with Crippen LogP contribution in [-0.4, -0.2) is 53.8 Å². The van der Waals surface area contributed by atoms with E-state index in [1.165, 1.54) is 6.07 Å². The van der Waals surface area contributed by atoms with Crippen molar-refractivity contribution in [1.82, 2.24) is 15.1 Å². The highest BCUT2D eigenvalue weighted by atomic mass is 35.5. The SMILES string of the molecule is Cl.O=C(CC1NCCN(Cc2ccccc2F)C1=O)N1CCCC1. The van der Waals surface area contributed by atoms with Gasteiger partial charge in [0.2, 0.25) is 11.8 Å². The van der Waals surface area contributed by atoms with Gasteiger partial charge in [-0.2, -0.15) is 0 Å². The first-order valence-electron chi connectivity index (χ1n) is 8.18. The second-order valence-electron chi connectivity index (χ2n) is 6.15. The van der Waals surface area contributed by atoms with E-state index in [0.717, 1.165) is 25.9 Å². The summed E-state index contributed by atoms with van der Waals surface area (Å²) in [5.41, 5.74) is 0.507. The summed E-state index contributed by atoms with van der Waals surface area (Å²) in [6, 6.07) is 5.99. The van der Waals surface area contributed by atoms with E-state index >= 15 is 0 Å². The van der Waals surface area contributed by atoms with E-state index in [1.54, 1.807) is 23.1 Å². The molecule has 1 N–H and O–H groups in total. The van der Waals surface area contributed by atoms with Crippen LogP contribution in [0, 0.1) is 5.82 Å². The van der Waals surface area contributed by atoms with Crippen molar-refractivity contribution in [1.29, 1.82) is 0 Å². The smallest absolute Gasteiger partial charge is 0.240 e. The molecule has 2 heterocycles. The minimum absolute atomic E-state index is 0. The third kappa shape index (κ3) is 4.24. The number of nitrogens with one attached hydrogen (secondary N) is 1. The van der Waals surface area contributed by atoms with E-state index < -0.39 is 6.04 Å². The molecule has 3 rings (SSSR count). The molecule has 1 atom stereocenters. The third-order valence-corrected chi connectivity index (χ3v) is 4.54. The van der Waals surface area contributed by atoms with E-state index in [9.17, 15) is 14.0 Å². The number of amides is 2. The monoisotopic (exact) mass is 355 g/mol. The first-order valence-corrected chi connectivity index (χ1v) is 8.18. The lowest BCUT2D eigenvalue weighted by Gasteiger charge is -2.33. The molecule has 1 aromatic rings. The Labute approximate surface area is 147 Å². The maximum absolute atomic E-state index is 13.8. The van der Waals surface area contributed by atoms with Crippen LogP contribution in [0.15, 0.2) is 24.3 Å². The maximum Gasteiger partial charge on any atom is 0.240 e. The Morgan fingerprint density at radius 2 is 1.92 bits per heavy atom. The lowest BCUT2D eigenvalue weighted by atomic mass is 10.1. The number of hydrogen-bond donors (Lipinski definition) is 1. The van der Waals surface area contributed by atoms with Crippen LogP contribution in [-0.2, 0) is 16.1 Å². The van der Waals surface area contributed by atoms with Crippen molar-refractivity contribution in [3.63, 3.8) is 0 Å². The highest BCUT2D eigenvalue weighted by molar-refractivity contribution is 5.89. The van der Waals surface area contributed by atoms with Gasteiger partial charge in [0.25, 0.3) is 0 Å². The molecule has 2 aliphatic heterocycles. The summed E-state index contributed by atoms with van der Waals surface area (Å²) in [5.74, 6) is -0.392. The van der Waals surface area contributed by atoms with Gasteiger partial charge in [-0.05, 0) is 18.9 Å². The van der Waals surface area contributed by atoms with Crippen molar-refractivity contribution in [2.75, 3.05) is 26.2 Å². The predicted octanol–water partition coefficient (Wildman–Crippen LogP) is 1.56. The molecule has 7 heteroatoms. The number of rotatable bonds is 4. The van der Waals surface area contributed by atoms with Gasteiger partial charge in [0.15, 0.2) is 0 Å². The van der Waals surface area contributed by atoms with Gasteiger partial charge in [-0.3, -0.25) is 9.59 Å². The molecule has 2 fully saturated rings. The molecule has 2 amide bonds. The first kappa shape index (κ1) is 18.7.